The number of halogens is 1. The van der Waals surface area contributed by atoms with Gasteiger partial charge in [-0.1, -0.05) is 102 Å². The van der Waals surface area contributed by atoms with Crippen LogP contribution >= 0.6 is 11.6 Å². The first-order valence-corrected chi connectivity index (χ1v) is 11.6. The van der Waals surface area contributed by atoms with Crippen molar-refractivity contribution in [3.8, 4) is 5.75 Å². The lowest BCUT2D eigenvalue weighted by Gasteiger charge is -2.06. The van der Waals surface area contributed by atoms with E-state index in [0.717, 1.165) is 18.4 Å². The lowest BCUT2D eigenvalue weighted by Crippen LogP contribution is -1.98. The molecule has 0 aromatic heterocycles. The van der Waals surface area contributed by atoms with E-state index in [1.54, 1.807) is 6.07 Å². The molecule has 1 atom stereocenters. The summed E-state index contributed by atoms with van der Waals surface area (Å²) in [6.45, 7) is 2.27. The van der Waals surface area contributed by atoms with Crippen LogP contribution < -0.4 is 4.18 Å². The molecule has 0 aliphatic carbocycles. The molecular weight excluding hydrogens is 368 g/mol. The highest BCUT2D eigenvalue weighted by Crippen LogP contribution is 2.26. The third kappa shape index (κ3) is 11.9. The molecule has 150 valence electrons. The molecule has 5 heteroatoms. The van der Waals surface area contributed by atoms with E-state index in [9.17, 15) is 4.21 Å². The zero-order valence-corrected chi connectivity index (χ0v) is 17.8. The van der Waals surface area contributed by atoms with E-state index in [-0.39, 0.29) is 5.75 Å². The molecule has 1 aromatic rings. The van der Waals surface area contributed by atoms with Crippen LogP contribution in [-0.2, 0) is 17.8 Å². The van der Waals surface area contributed by atoms with Gasteiger partial charge in [0.15, 0.2) is 5.75 Å². The molecule has 0 amide bonds. The van der Waals surface area contributed by atoms with Crippen molar-refractivity contribution < 1.29 is 12.9 Å². The number of hydrogen-bond acceptors (Lipinski definition) is 2. The summed E-state index contributed by atoms with van der Waals surface area (Å²) < 4.78 is 24.1. The van der Waals surface area contributed by atoms with Crippen molar-refractivity contribution in [2.75, 3.05) is 0 Å². The first-order valence-electron chi connectivity index (χ1n) is 10.2. The van der Waals surface area contributed by atoms with E-state index in [4.69, 9.17) is 20.3 Å². The zero-order chi connectivity index (χ0) is 19.0. The lowest BCUT2D eigenvalue weighted by molar-refractivity contribution is 0.458. The molecule has 0 saturated carbocycles. The maximum atomic E-state index is 10.6. The van der Waals surface area contributed by atoms with E-state index in [0.29, 0.717) is 5.02 Å². The van der Waals surface area contributed by atoms with Gasteiger partial charge < -0.3 is 4.18 Å². The average Bonchev–Trinajstić information content (AvgIpc) is 2.61. The standard InChI is InChI=1S/C21H35ClO3S/c1-2-3-4-5-6-7-8-9-10-11-12-13-14-15-19-16-17-21(20(22)18-19)25-26(23)24/h16-18H,2-15H2,1H3,(H,23,24). The number of rotatable bonds is 16. The molecule has 26 heavy (non-hydrogen) atoms. The minimum Gasteiger partial charge on any atom is -0.379 e. The summed E-state index contributed by atoms with van der Waals surface area (Å²) in [7, 11) is 0. The first kappa shape index (κ1) is 23.5. The Labute approximate surface area is 167 Å². The Morgan fingerprint density at radius 3 is 1.85 bits per heavy atom. The third-order valence-corrected chi connectivity index (χ3v) is 5.34. The summed E-state index contributed by atoms with van der Waals surface area (Å²) >= 11 is 3.73. The summed E-state index contributed by atoms with van der Waals surface area (Å²) in [5.41, 5.74) is 1.15. The average molecular weight is 403 g/mol. The molecule has 0 saturated heterocycles. The quantitative estimate of drug-likeness (QED) is 0.230. The fourth-order valence-electron chi connectivity index (χ4n) is 3.19. The SMILES string of the molecule is CCCCCCCCCCCCCCCc1ccc(OS(=O)O)c(Cl)c1. The summed E-state index contributed by atoms with van der Waals surface area (Å²) in [5, 5.41) is 0.389. The van der Waals surface area contributed by atoms with Gasteiger partial charge in [0.2, 0.25) is 0 Å². The van der Waals surface area contributed by atoms with Gasteiger partial charge in [0, 0.05) is 0 Å². The van der Waals surface area contributed by atoms with Crippen molar-refractivity contribution in [3.05, 3.63) is 28.8 Å². The molecule has 0 aliphatic rings. The topological polar surface area (TPSA) is 46.5 Å². The normalized spacial score (nSPS) is 12.3. The maximum absolute atomic E-state index is 10.6. The molecule has 0 radical (unpaired) electrons. The Bertz CT molecular complexity index is 508. The van der Waals surface area contributed by atoms with Gasteiger partial charge >= 0.3 is 11.4 Å². The highest BCUT2D eigenvalue weighted by Gasteiger charge is 2.06. The van der Waals surface area contributed by atoms with Crippen molar-refractivity contribution >= 4 is 23.0 Å². The zero-order valence-electron chi connectivity index (χ0n) is 16.2. The Morgan fingerprint density at radius 2 is 1.38 bits per heavy atom. The van der Waals surface area contributed by atoms with E-state index in [1.165, 1.54) is 77.0 Å². The lowest BCUT2D eigenvalue weighted by atomic mass is 10.0. The molecule has 0 spiro atoms. The molecule has 1 N–H and O–H groups in total. The Kier molecular flexibility index (Phi) is 14.0. The highest BCUT2D eigenvalue weighted by molar-refractivity contribution is 7.74. The molecule has 1 rings (SSSR count). The first-order chi connectivity index (χ1) is 12.6. The minimum atomic E-state index is -2.33. The fraction of sp³-hybridized carbons (Fsp3) is 0.714. The summed E-state index contributed by atoms with van der Waals surface area (Å²) in [4.78, 5) is 0. The Hall–Kier alpha value is -0.580. The molecule has 0 heterocycles. The summed E-state index contributed by atoms with van der Waals surface area (Å²) in [6.07, 6.45) is 18.6. The van der Waals surface area contributed by atoms with Crippen LogP contribution in [0.3, 0.4) is 0 Å². The second kappa shape index (κ2) is 15.5. The van der Waals surface area contributed by atoms with Crippen LogP contribution in [-0.4, -0.2) is 8.76 Å². The van der Waals surface area contributed by atoms with E-state index < -0.39 is 11.4 Å². The monoisotopic (exact) mass is 402 g/mol. The summed E-state index contributed by atoms with van der Waals surface area (Å²) in [5.74, 6) is 0.251. The van der Waals surface area contributed by atoms with Crippen molar-refractivity contribution in [1.82, 2.24) is 0 Å². The van der Waals surface area contributed by atoms with Gasteiger partial charge in [-0.15, -0.1) is 0 Å². The van der Waals surface area contributed by atoms with E-state index >= 15 is 0 Å². The van der Waals surface area contributed by atoms with E-state index in [2.05, 4.69) is 6.92 Å². The fourth-order valence-corrected chi connectivity index (χ4v) is 3.78. The number of unbranched alkanes of at least 4 members (excludes halogenated alkanes) is 12. The maximum Gasteiger partial charge on any atom is 0.357 e. The highest BCUT2D eigenvalue weighted by atomic mass is 35.5. The van der Waals surface area contributed by atoms with Gasteiger partial charge in [0.25, 0.3) is 0 Å². The molecule has 3 nitrogen and oxygen atoms in total. The second-order valence-electron chi connectivity index (χ2n) is 7.06. The van der Waals surface area contributed by atoms with Crippen LogP contribution in [0.25, 0.3) is 0 Å². The largest absolute Gasteiger partial charge is 0.379 e. The molecule has 0 bridgehead atoms. The van der Waals surface area contributed by atoms with Gasteiger partial charge in [-0.3, -0.25) is 4.55 Å². The smallest absolute Gasteiger partial charge is 0.357 e. The van der Waals surface area contributed by atoms with Crippen molar-refractivity contribution in [2.24, 2.45) is 0 Å². The Balaban J connectivity index is 1.97. The van der Waals surface area contributed by atoms with Crippen LogP contribution in [0.4, 0.5) is 0 Å². The van der Waals surface area contributed by atoms with Crippen LogP contribution in [0, 0.1) is 0 Å². The van der Waals surface area contributed by atoms with Crippen LogP contribution in [0.5, 0.6) is 5.75 Å². The molecule has 0 aliphatic heterocycles. The number of benzene rings is 1. The Morgan fingerprint density at radius 1 is 0.885 bits per heavy atom. The van der Waals surface area contributed by atoms with Crippen LogP contribution in [0.15, 0.2) is 18.2 Å². The van der Waals surface area contributed by atoms with Gasteiger partial charge in [-0.05, 0) is 30.5 Å². The molecular formula is C21H35ClO3S. The third-order valence-electron chi connectivity index (χ3n) is 4.73. The van der Waals surface area contributed by atoms with Crippen molar-refractivity contribution in [3.63, 3.8) is 0 Å². The minimum absolute atomic E-state index is 0.251. The predicted molar refractivity (Wildman–Crippen MR) is 112 cm³/mol. The van der Waals surface area contributed by atoms with Gasteiger partial charge in [-0.2, -0.15) is 4.21 Å². The molecule has 1 aromatic carbocycles. The number of aryl methyl sites for hydroxylation is 1. The van der Waals surface area contributed by atoms with E-state index in [1.807, 2.05) is 12.1 Å². The van der Waals surface area contributed by atoms with Gasteiger partial charge in [-0.25, -0.2) is 0 Å². The van der Waals surface area contributed by atoms with Crippen LogP contribution in [0.1, 0.15) is 96.0 Å². The summed E-state index contributed by atoms with van der Waals surface area (Å²) in [6, 6.07) is 5.40. The molecule has 0 fully saturated rings. The second-order valence-corrected chi connectivity index (χ2v) is 8.07. The van der Waals surface area contributed by atoms with Crippen molar-refractivity contribution in [2.45, 2.75) is 96.8 Å². The van der Waals surface area contributed by atoms with Crippen molar-refractivity contribution in [1.29, 1.82) is 0 Å². The van der Waals surface area contributed by atoms with Crippen LogP contribution in [0.2, 0.25) is 5.02 Å². The molecule has 1 unspecified atom stereocenters. The number of hydrogen-bond donors (Lipinski definition) is 1. The predicted octanol–water partition coefficient (Wildman–Crippen LogP) is 7.49. The van der Waals surface area contributed by atoms with Gasteiger partial charge in [0.1, 0.15) is 0 Å². The van der Waals surface area contributed by atoms with Gasteiger partial charge in [0.05, 0.1) is 5.02 Å².